The van der Waals surface area contributed by atoms with Gasteiger partial charge in [0, 0.05) is 5.56 Å². The maximum absolute atomic E-state index is 13.7. The molecule has 3 rings (SSSR count). The Morgan fingerprint density at radius 3 is 2.50 bits per heavy atom. The SMILES string of the molecule is COc1ccc(C=NNc2ccccc2)cc1OCc1ccccc1F. The van der Waals surface area contributed by atoms with E-state index in [0.29, 0.717) is 17.1 Å². The minimum atomic E-state index is -0.295. The van der Waals surface area contributed by atoms with E-state index in [2.05, 4.69) is 10.5 Å². The summed E-state index contributed by atoms with van der Waals surface area (Å²) in [6, 6.07) is 21.6. The fourth-order valence-electron chi connectivity index (χ4n) is 2.35. The summed E-state index contributed by atoms with van der Waals surface area (Å²) in [5.41, 5.74) is 5.17. The number of hydrogen-bond donors (Lipinski definition) is 1. The topological polar surface area (TPSA) is 42.8 Å². The van der Waals surface area contributed by atoms with Crippen molar-refractivity contribution < 1.29 is 13.9 Å². The van der Waals surface area contributed by atoms with Crippen molar-refractivity contribution >= 4 is 11.9 Å². The molecule has 5 heteroatoms. The van der Waals surface area contributed by atoms with Crippen LogP contribution in [-0.2, 0) is 6.61 Å². The summed E-state index contributed by atoms with van der Waals surface area (Å²) >= 11 is 0. The largest absolute Gasteiger partial charge is 0.493 e. The van der Waals surface area contributed by atoms with Crippen LogP contribution in [0.15, 0.2) is 77.9 Å². The molecule has 0 fully saturated rings. The van der Waals surface area contributed by atoms with Gasteiger partial charge in [-0.1, -0.05) is 36.4 Å². The van der Waals surface area contributed by atoms with Gasteiger partial charge in [0.2, 0.25) is 0 Å². The van der Waals surface area contributed by atoms with E-state index in [4.69, 9.17) is 9.47 Å². The number of ether oxygens (including phenoxy) is 2. The number of hydrogen-bond acceptors (Lipinski definition) is 4. The molecule has 0 aliphatic rings. The third-order valence-electron chi connectivity index (χ3n) is 3.71. The molecule has 0 radical (unpaired) electrons. The number of rotatable bonds is 7. The number of para-hydroxylation sites is 1. The van der Waals surface area contributed by atoms with Gasteiger partial charge in [0.1, 0.15) is 12.4 Å². The van der Waals surface area contributed by atoms with Gasteiger partial charge >= 0.3 is 0 Å². The van der Waals surface area contributed by atoms with Gasteiger partial charge in [-0.3, -0.25) is 5.43 Å². The molecule has 0 bridgehead atoms. The third-order valence-corrected chi connectivity index (χ3v) is 3.71. The van der Waals surface area contributed by atoms with Crippen molar-refractivity contribution in [1.82, 2.24) is 0 Å². The van der Waals surface area contributed by atoms with E-state index in [-0.39, 0.29) is 12.4 Å². The Kier molecular flexibility index (Phi) is 5.83. The number of anilines is 1. The lowest BCUT2D eigenvalue weighted by Gasteiger charge is -2.12. The first-order valence-electron chi connectivity index (χ1n) is 8.14. The molecule has 132 valence electrons. The number of methoxy groups -OCH3 is 1. The molecule has 4 nitrogen and oxygen atoms in total. The molecule has 0 saturated heterocycles. The highest BCUT2D eigenvalue weighted by Gasteiger charge is 2.07. The fraction of sp³-hybridized carbons (Fsp3) is 0.0952. The summed E-state index contributed by atoms with van der Waals surface area (Å²) in [6.07, 6.45) is 1.68. The van der Waals surface area contributed by atoms with Crippen LogP contribution in [-0.4, -0.2) is 13.3 Å². The summed E-state index contributed by atoms with van der Waals surface area (Å²) in [5, 5.41) is 4.21. The van der Waals surface area contributed by atoms with Gasteiger partial charge in [-0.05, 0) is 42.0 Å². The Hall–Kier alpha value is -3.34. The predicted octanol–water partition coefficient (Wildman–Crippen LogP) is 4.86. The summed E-state index contributed by atoms with van der Waals surface area (Å²) in [6.45, 7) is 0.117. The first-order valence-corrected chi connectivity index (χ1v) is 8.14. The number of benzene rings is 3. The van der Waals surface area contributed by atoms with Crippen LogP contribution < -0.4 is 14.9 Å². The van der Waals surface area contributed by atoms with Gasteiger partial charge in [-0.2, -0.15) is 5.10 Å². The van der Waals surface area contributed by atoms with Crippen molar-refractivity contribution in [3.8, 4) is 11.5 Å². The lowest BCUT2D eigenvalue weighted by atomic mass is 10.2. The summed E-state index contributed by atoms with van der Waals surface area (Å²) in [4.78, 5) is 0. The molecule has 0 atom stereocenters. The van der Waals surface area contributed by atoms with Crippen molar-refractivity contribution in [1.29, 1.82) is 0 Å². The fourth-order valence-corrected chi connectivity index (χ4v) is 2.35. The van der Waals surface area contributed by atoms with Crippen LogP contribution in [0.2, 0.25) is 0 Å². The van der Waals surface area contributed by atoms with Gasteiger partial charge < -0.3 is 9.47 Å². The summed E-state index contributed by atoms with van der Waals surface area (Å²) < 4.78 is 24.8. The maximum atomic E-state index is 13.7. The second kappa shape index (κ2) is 8.67. The van der Waals surface area contributed by atoms with Crippen molar-refractivity contribution in [3.63, 3.8) is 0 Å². The van der Waals surface area contributed by atoms with E-state index in [9.17, 15) is 4.39 Å². The molecular formula is C21H19FN2O2. The average molecular weight is 350 g/mol. The summed E-state index contributed by atoms with van der Waals surface area (Å²) in [7, 11) is 1.57. The van der Waals surface area contributed by atoms with Crippen molar-refractivity contribution in [2.24, 2.45) is 5.10 Å². The van der Waals surface area contributed by atoms with E-state index in [1.165, 1.54) is 6.07 Å². The van der Waals surface area contributed by atoms with Gasteiger partial charge in [0.05, 0.1) is 19.0 Å². The van der Waals surface area contributed by atoms with Crippen molar-refractivity contribution in [2.75, 3.05) is 12.5 Å². The van der Waals surface area contributed by atoms with Crippen LogP contribution in [0.1, 0.15) is 11.1 Å². The lowest BCUT2D eigenvalue weighted by Crippen LogP contribution is -2.00. The average Bonchev–Trinajstić information content (AvgIpc) is 2.68. The molecule has 0 amide bonds. The highest BCUT2D eigenvalue weighted by atomic mass is 19.1. The quantitative estimate of drug-likeness (QED) is 0.489. The molecular weight excluding hydrogens is 331 g/mol. The number of nitrogens with zero attached hydrogens (tertiary/aromatic N) is 1. The molecule has 3 aromatic carbocycles. The molecule has 0 aliphatic heterocycles. The van der Waals surface area contributed by atoms with E-state index in [1.807, 2.05) is 36.4 Å². The van der Waals surface area contributed by atoms with Crippen LogP contribution in [0.3, 0.4) is 0 Å². The third kappa shape index (κ3) is 4.60. The minimum Gasteiger partial charge on any atom is -0.493 e. The molecule has 26 heavy (non-hydrogen) atoms. The van der Waals surface area contributed by atoms with E-state index >= 15 is 0 Å². The van der Waals surface area contributed by atoms with Crippen LogP contribution in [0.5, 0.6) is 11.5 Å². The minimum absolute atomic E-state index is 0.117. The second-order valence-electron chi connectivity index (χ2n) is 5.53. The van der Waals surface area contributed by atoms with E-state index < -0.39 is 0 Å². The number of hydrazone groups is 1. The normalized spacial score (nSPS) is 10.7. The Morgan fingerprint density at radius 1 is 0.962 bits per heavy atom. The molecule has 0 heterocycles. The van der Waals surface area contributed by atoms with Crippen LogP contribution in [0.4, 0.5) is 10.1 Å². The first kappa shape index (κ1) is 17.5. The number of nitrogens with one attached hydrogen (secondary N) is 1. The highest BCUT2D eigenvalue weighted by molar-refractivity contribution is 5.81. The number of halogens is 1. The Morgan fingerprint density at radius 2 is 1.73 bits per heavy atom. The van der Waals surface area contributed by atoms with Crippen LogP contribution >= 0.6 is 0 Å². The highest BCUT2D eigenvalue weighted by Crippen LogP contribution is 2.28. The summed E-state index contributed by atoms with van der Waals surface area (Å²) in [5.74, 6) is 0.810. The monoisotopic (exact) mass is 350 g/mol. The molecule has 0 spiro atoms. The van der Waals surface area contributed by atoms with Crippen LogP contribution in [0, 0.1) is 5.82 Å². The molecule has 0 saturated carbocycles. The maximum Gasteiger partial charge on any atom is 0.162 e. The Balaban J connectivity index is 1.70. The van der Waals surface area contributed by atoms with Gasteiger partial charge in [-0.25, -0.2) is 4.39 Å². The zero-order chi connectivity index (χ0) is 18.2. The molecule has 0 aromatic heterocycles. The Labute approximate surface area is 151 Å². The Bertz CT molecular complexity index is 882. The van der Waals surface area contributed by atoms with E-state index in [1.54, 1.807) is 43.7 Å². The zero-order valence-corrected chi connectivity index (χ0v) is 14.4. The lowest BCUT2D eigenvalue weighted by molar-refractivity contribution is 0.279. The second-order valence-corrected chi connectivity index (χ2v) is 5.53. The van der Waals surface area contributed by atoms with Gasteiger partial charge in [0.25, 0.3) is 0 Å². The smallest absolute Gasteiger partial charge is 0.162 e. The predicted molar refractivity (Wildman–Crippen MR) is 101 cm³/mol. The molecule has 1 N–H and O–H groups in total. The van der Waals surface area contributed by atoms with Gasteiger partial charge in [0.15, 0.2) is 11.5 Å². The van der Waals surface area contributed by atoms with Crippen molar-refractivity contribution in [2.45, 2.75) is 6.61 Å². The van der Waals surface area contributed by atoms with E-state index in [0.717, 1.165) is 11.3 Å². The van der Waals surface area contributed by atoms with Gasteiger partial charge in [-0.15, -0.1) is 0 Å². The zero-order valence-electron chi connectivity index (χ0n) is 14.4. The van der Waals surface area contributed by atoms with Crippen molar-refractivity contribution in [3.05, 3.63) is 89.7 Å². The molecule has 3 aromatic rings. The molecule has 0 aliphatic carbocycles. The first-order chi connectivity index (χ1) is 12.8. The molecule has 0 unspecified atom stereocenters. The van der Waals surface area contributed by atoms with Crippen LogP contribution in [0.25, 0.3) is 0 Å². The standard InChI is InChI=1S/C21H19FN2O2/c1-25-20-12-11-16(14-23-24-18-8-3-2-4-9-18)13-21(20)26-15-17-7-5-6-10-19(17)22/h2-14,24H,15H2,1H3.